The van der Waals surface area contributed by atoms with E-state index in [0.29, 0.717) is 19.1 Å². The van der Waals surface area contributed by atoms with E-state index in [0.717, 1.165) is 39.0 Å². The second kappa shape index (κ2) is 30.3. The summed E-state index contributed by atoms with van der Waals surface area (Å²) in [7, 11) is 0. The Labute approximate surface area is 218 Å². The van der Waals surface area contributed by atoms with Crippen LogP contribution >= 0.6 is 0 Å². The largest absolute Gasteiger partial charge is 0.481 e. The first-order valence-electron chi connectivity index (χ1n) is 12.4. The van der Waals surface area contributed by atoms with Crippen molar-refractivity contribution in [1.82, 2.24) is 0 Å². The molecular formula is C28H50O8. The van der Waals surface area contributed by atoms with Gasteiger partial charge < -0.3 is 24.5 Å². The van der Waals surface area contributed by atoms with Crippen LogP contribution < -0.4 is 0 Å². The maximum atomic E-state index is 10.5. The van der Waals surface area contributed by atoms with Crippen LogP contribution in [0.1, 0.15) is 93.1 Å². The summed E-state index contributed by atoms with van der Waals surface area (Å²) in [4.78, 5) is 39.9. The van der Waals surface area contributed by atoms with Gasteiger partial charge in [-0.15, -0.1) is 0 Å². The van der Waals surface area contributed by atoms with Gasteiger partial charge in [0.2, 0.25) is 0 Å². The fourth-order valence-electron chi connectivity index (χ4n) is 1.91. The van der Waals surface area contributed by atoms with E-state index in [1.807, 2.05) is 39.0 Å². The zero-order valence-electron chi connectivity index (χ0n) is 23.8. The molecule has 1 rings (SSSR count). The molecule has 0 fully saturated rings. The minimum Gasteiger partial charge on any atom is -0.481 e. The molecule has 8 nitrogen and oxygen atoms in total. The van der Waals surface area contributed by atoms with Crippen LogP contribution in [0.25, 0.3) is 0 Å². The Bertz CT molecular complexity index is 651. The third-order valence-corrected chi connectivity index (χ3v) is 3.52. The molecule has 210 valence electrons. The minimum absolute atomic E-state index is 0.182. The summed E-state index contributed by atoms with van der Waals surface area (Å²) in [5.41, 5.74) is 1.32. The summed E-state index contributed by atoms with van der Waals surface area (Å²) in [6.07, 6.45) is 3.63. The molecule has 0 aliphatic heterocycles. The number of Topliss-reactive ketones (excluding diaryl/α,β-unsaturated/α-hetero) is 1. The highest BCUT2D eigenvalue weighted by molar-refractivity contribution is 5.75. The van der Waals surface area contributed by atoms with E-state index in [9.17, 15) is 14.4 Å². The molecule has 0 heterocycles. The minimum atomic E-state index is -0.989. The number of hydrogen-bond acceptors (Lipinski definition) is 7. The number of aryl methyl sites for hydroxylation is 1. The Balaban J connectivity index is -0.000000182. The topological polar surface area (TPSA) is 127 Å². The van der Waals surface area contributed by atoms with Gasteiger partial charge in [-0.25, -0.2) is 4.79 Å². The van der Waals surface area contributed by atoms with Crippen molar-refractivity contribution in [2.75, 3.05) is 13.2 Å². The van der Waals surface area contributed by atoms with Gasteiger partial charge in [0.1, 0.15) is 11.9 Å². The number of rotatable bonds is 9. The predicted molar refractivity (Wildman–Crippen MR) is 144 cm³/mol. The smallest absolute Gasteiger partial charge is 0.334 e. The van der Waals surface area contributed by atoms with E-state index in [4.69, 9.17) is 15.0 Å². The first kappa shape index (κ1) is 40.4. The van der Waals surface area contributed by atoms with E-state index in [1.54, 1.807) is 6.92 Å². The normalized spacial score (nSPS) is 9.75. The molecule has 0 saturated carbocycles. The number of carboxylic acids is 1. The number of ketones is 1. The summed E-state index contributed by atoms with van der Waals surface area (Å²) < 4.78 is 9.30. The molecule has 2 N–H and O–H groups in total. The number of benzene rings is 1. The van der Waals surface area contributed by atoms with Crippen LogP contribution in [0.15, 0.2) is 30.3 Å². The van der Waals surface area contributed by atoms with Crippen LogP contribution in [0.5, 0.6) is 0 Å². The lowest BCUT2D eigenvalue weighted by Gasteiger charge is -2.04. The molecule has 0 aromatic heterocycles. The molecule has 1 aromatic carbocycles. The molecule has 1 atom stereocenters. The standard InChI is InChI=1S/C7H14O3.C7H8.C6H12O2.C6H12O.C2H4O2/c1-3-4-5-10-7(9)6(2)8;1-7-5-3-2-4-6-7;1-3-4-5-8-6(2)7;1-5(2)4-6(3)7;1-2(3)4/h6,8H,3-5H2,1-2H3;2-6H,1H3;3-5H2,1-2H3;5H,4H2,1-3H3;1H3,(H,3,4). The number of aliphatic hydroxyl groups is 1. The van der Waals surface area contributed by atoms with Crippen LogP contribution in [0.2, 0.25) is 0 Å². The number of carbonyl (C=O) groups is 4. The van der Waals surface area contributed by atoms with Crippen LogP contribution in [-0.2, 0) is 28.7 Å². The highest BCUT2D eigenvalue weighted by atomic mass is 16.5. The number of hydrogen-bond donors (Lipinski definition) is 2. The molecule has 1 unspecified atom stereocenters. The van der Waals surface area contributed by atoms with Gasteiger partial charge in [0.25, 0.3) is 5.97 Å². The number of carboxylic acid groups (broad SMARTS) is 1. The summed E-state index contributed by atoms with van der Waals surface area (Å²) in [5.74, 6) is -0.737. The number of aliphatic carboxylic acids is 1. The molecular weight excluding hydrogens is 464 g/mol. The van der Waals surface area contributed by atoms with Gasteiger partial charge in [-0.2, -0.15) is 0 Å². The van der Waals surface area contributed by atoms with Gasteiger partial charge in [0, 0.05) is 20.3 Å². The van der Waals surface area contributed by atoms with Crippen molar-refractivity contribution in [3.63, 3.8) is 0 Å². The fourth-order valence-corrected chi connectivity index (χ4v) is 1.91. The summed E-state index contributed by atoms with van der Waals surface area (Å²) in [6.45, 7) is 16.8. The summed E-state index contributed by atoms with van der Waals surface area (Å²) in [5, 5.41) is 16.1. The Kier molecular flexibility index (Phi) is 34.0. The Morgan fingerprint density at radius 1 is 0.833 bits per heavy atom. The van der Waals surface area contributed by atoms with Crippen molar-refractivity contribution >= 4 is 23.7 Å². The van der Waals surface area contributed by atoms with Gasteiger partial charge in [0.15, 0.2) is 0 Å². The molecule has 0 amide bonds. The van der Waals surface area contributed by atoms with Crippen LogP contribution in [0.4, 0.5) is 0 Å². The van der Waals surface area contributed by atoms with Gasteiger partial charge >= 0.3 is 11.9 Å². The lowest BCUT2D eigenvalue weighted by molar-refractivity contribution is -0.152. The van der Waals surface area contributed by atoms with E-state index in [2.05, 4.69) is 35.5 Å². The highest BCUT2D eigenvalue weighted by Crippen LogP contribution is 1.98. The number of esters is 2. The molecule has 36 heavy (non-hydrogen) atoms. The van der Waals surface area contributed by atoms with Crippen molar-refractivity contribution in [3.8, 4) is 0 Å². The van der Waals surface area contributed by atoms with E-state index in [1.165, 1.54) is 19.4 Å². The maximum absolute atomic E-state index is 10.5. The molecule has 0 spiro atoms. The fraction of sp³-hybridized carbons (Fsp3) is 0.643. The first-order chi connectivity index (χ1) is 16.7. The Morgan fingerprint density at radius 3 is 1.47 bits per heavy atom. The molecule has 0 saturated heterocycles. The van der Waals surface area contributed by atoms with Crippen LogP contribution in [0.3, 0.4) is 0 Å². The molecule has 0 aliphatic carbocycles. The number of unbranched alkanes of at least 4 members (excludes halogenated alkanes) is 2. The highest BCUT2D eigenvalue weighted by Gasteiger charge is 2.08. The van der Waals surface area contributed by atoms with Gasteiger partial charge in [-0.1, -0.05) is 76.4 Å². The number of ether oxygens (including phenoxy) is 2. The first-order valence-corrected chi connectivity index (χ1v) is 12.4. The third kappa shape index (κ3) is 52.9. The monoisotopic (exact) mass is 514 g/mol. The number of aliphatic hydroxyl groups excluding tert-OH is 1. The molecule has 8 heteroatoms. The lowest BCUT2D eigenvalue weighted by atomic mass is 10.1. The Morgan fingerprint density at radius 2 is 1.25 bits per heavy atom. The van der Waals surface area contributed by atoms with Crippen molar-refractivity contribution in [2.45, 2.75) is 101 Å². The molecule has 0 aliphatic rings. The predicted octanol–water partition coefficient (Wildman–Crippen LogP) is 5.77. The molecule has 1 aromatic rings. The second-order valence-electron chi connectivity index (χ2n) is 8.36. The van der Waals surface area contributed by atoms with E-state index in [-0.39, 0.29) is 11.8 Å². The van der Waals surface area contributed by atoms with Crippen molar-refractivity contribution in [3.05, 3.63) is 35.9 Å². The van der Waals surface area contributed by atoms with Gasteiger partial charge in [-0.3, -0.25) is 9.59 Å². The van der Waals surface area contributed by atoms with Crippen LogP contribution in [-0.4, -0.2) is 53.2 Å². The van der Waals surface area contributed by atoms with Crippen molar-refractivity contribution < 1.29 is 38.9 Å². The summed E-state index contributed by atoms with van der Waals surface area (Å²) >= 11 is 0. The average Bonchev–Trinajstić information content (AvgIpc) is 2.74. The second-order valence-corrected chi connectivity index (χ2v) is 8.36. The number of carbonyl (C=O) groups excluding carboxylic acids is 3. The van der Waals surface area contributed by atoms with Crippen LogP contribution in [0, 0.1) is 12.8 Å². The maximum Gasteiger partial charge on any atom is 0.334 e. The Hall–Kier alpha value is -2.74. The zero-order chi connectivity index (χ0) is 28.9. The van der Waals surface area contributed by atoms with Gasteiger partial charge in [-0.05, 0) is 39.5 Å². The van der Waals surface area contributed by atoms with E-state index < -0.39 is 18.0 Å². The van der Waals surface area contributed by atoms with E-state index >= 15 is 0 Å². The summed E-state index contributed by atoms with van der Waals surface area (Å²) in [6, 6.07) is 10.3. The SMILES string of the molecule is CC(=O)CC(C)C.CC(=O)O.CCCCOC(=O)C(C)O.CCCCOC(C)=O.Cc1ccccc1. The van der Waals surface area contributed by atoms with Crippen molar-refractivity contribution in [1.29, 1.82) is 0 Å². The quantitative estimate of drug-likeness (QED) is 0.314. The van der Waals surface area contributed by atoms with Gasteiger partial charge in [0.05, 0.1) is 13.2 Å². The molecule has 0 bridgehead atoms. The third-order valence-electron chi connectivity index (χ3n) is 3.52. The van der Waals surface area contributed by atoms with Crippen molar-refractivity contribution in [2.24, 2.45) is 5.92 Å². The molecule has 0 radical (unpaired) electrons. The zero-order valence-corrected chi connectivity index (χ0v) is 23.8. The lowest BCUT2D eigenvalue weighted by Crippen LogP contribution is -2.19. The average molecular weight is 515 g/mol.